The average molecular weight is 568 g/mol. The largest absolute Gasteiger partial charge is 0.416 e. The summed E-state index contributed by atoms with van der Waals surface area (Å²) < 4.78 is 39.7. The molecule has 1 N–H and O–H groups in total. The van der Waals surface area contributed by atoms with Gasteiger partial charge in [-0.05, 0) is 80.6 Å². The summed E-state index contributed by atoms with van der Waals surface area (Å²) in [5, 5.41) is 14.9. The summed E-state index contributed by atoms with van der Waals surface area (Å²) in [7, 11) is 2.04. The van der Waals surface area contributed by atoms with Gasteiger partial charge in [-0.15, -0.1) is 11.3 Å². The van der Waals surface area contributed by atoms with Crippen molar-refractivity contribution in [2.75, 3.05) is 38.1 Å². The lowest BCUT2D eigenvalue weighted by molar-refractivity contribution is -0.137. The van der Waals surface area contributed by atoms with Crippen molar-refractivity contribution in [3.05, 3.63) is 69.5 Å². The molecule has 0 bridgehead atoms. The number of hydrogen-bond acceptors (Lipinski definition) is 6. The highest BCUT2D eigenvalue weighted by Crippen LogP contribution is 2.40. The Morgan fingerprint density at radius 3 is 2.58 bits per heavy atom. The second-order valence-corrected chi connectivity index (χ2v) is 11.7. The number of nitrogens with zero attached hydrogens (tertiary/aromatic N) is 4. The van der Waals surface area contributed by atoms with Crippen LogP contribution >= 0.6 is 11.3 Å². The van der Waals surface area contributed by atoms with Crippen LogP contribution in [0.15, 0.2) is 48.0 Å². The van der Waals surface area contributed by atoms with Gasteiger partial charge < -0.3 is 15.1 Å². The van der Waals surface area contributed by atoms with Crippen molar-refractivity contribution in [3.8, 4) is 17.3 Å². The smallest absolute Gasteiger partial charge is 0.370 e. The average Bonchev–Trinajstić information content (AvgIpc) is 3.61. The van der Waals surface area contributed by atoms with E-state index in [4.69, 9.17) is 4.98 Å². The molecule has 4 heterocycles. The summed E-state index contributed by atoms with van der Waals surface area (Å²) in [6.07, 6.45) is -0.00533. The maximum atomic E-state index is 14.0. The number of thiophene rings is 1. The van der Waals surface area contributed by atoms with Crippen LogP contribution in [0, 0.1) is 11.3 Å². The number of alkyl halides is 3. The fraction of sp³-hybridized carbons (Fsp3) is 0.433. The number of rotatable bonds is 6. The van der Waals surface area contributed by atoms with Crippen LogP contribution in [-0.4, -0.2) is 55.1 Å². The van der Waals surface area contributed by atoms with Crippen molar-refractivity contribution >= 4 is 22.9 Å². The monoisotopic (exact) mass is 567 g/mol. The highest BCUT2D eigenvalue weighted by Gasteiger charge is 2.44. The van der Waals surface area contributed by atoms with Gasteiger partial charge in [-0.25, -0.2) is 0 Å². The molecule has 6 nitrogen and oxygen atoms in total. The van der Waals surface area contributed by atoms with Crippen molar-refractivity contribution in [1.82, 2.24) is 15.2 Å². The Morgan fingerprint density at radius 2 is 1.98 bits per heavy atom. The lowest BCUT2D eigenvalue weighted by atomic mass is 9.72. The Morgan fingerprint density at radius 1 is 1.20 bits per heavy atom. The number of hydrogen-bond donors (Lipinski definition) is 1. The summed E-state index contributed by atoms with van der Waals surface area (Å²) >= 11 is 1.70. The Labute approximate surface area is 236 Å². The number of nitriles is 1. The fourth-order valence-corrected chi connectivity index (χ4v) is 6.74. The molecular weight excluding hydrogens is 535 g/mol. The molecule has 1 atom stereocenters. The lowest BCUT2D eigenvalue weighted by Crippen LogP contribution is -2.54. The standard InChI is InChI=1S/C30H32F3N5OS/c1-3-27-24(9-15-40-27)25-6-4-22(18-35-25)29(28(39)36-23-8-12-37(2)19-23)10-13-38(14-11-29)26-7-5-21(30(31,32)33)16-20(26)17-34/h4-7,9,15-16,18,23H,3,8,10-14,19H2,1-2H3,(H,36,39)/t23-/m0/s1. The molecule has 0 spiro atoms. The SMILES string of the molecule is CCc1sccc1-c1ccc(C2(C(=O)N[C@H]3CCN(C)C3)CCN(c3ccc(C(F)(F)F)cc3C#N)CC2)cn1. The van der Waals surface area contributed by atoms with Crippen LogP contribution < -0.4 is 10.2 Å². The molecule has 5 rings (SSSR count). The van der Waals surface area contributed by atoms with E-state index in [0.717, 1.165) is 54.9 Å². The quantitative estimate of drug-likeness (QED) is 0.419. The third kappa shape index (κ3) is 5.45. The van der Waals surface area contributed by atoms with Gasteiger partial charge in [0.25, 0.3) is 0 Å². The van der Waals surface area contributed by atoms with E-state index >= 15 is 0 Å². The fourth-order valence-electron chi connectivity index (χ4n) is 5.91. The molecule has 2 aromatic heterocycles. The zero-order chi connectivity index (χ0) is 28.5. The number of amides is 1. The predicted molar refractivity (Wildman–Crippen MR) is 150 cm³/mol. The highest BCUT2D eigenvalue weighted by atomic mass is 32.1. The van der Waals surface area contributed by atoms with Gasteiger partial charge in [0.2, 0.25) is 5.91 Å². The molecule has 2 fully saturated rings. The summed E-state index contributed by atoms with van der Waals surface area (Å²) in [6, 6.07) is 11.3. The second kappa shape index (κ2) is 11.2. The van der Waals surface area contributed by atoms with Gasteiger partial charge in [0.05, 0.1) is 27.9 Å². The number of aromatic nitrogens is 1. The Balaban J connectivity index is 1.43. The van der Waals surface area contributed by atoms with Crippen LogP contribution in [0.1, 0.15) is 47.8 Å². The van der Waals surface area contributed by atoms with Crippen LogP contribution in [0.2, 0.25) is 0 Å². The van der Waals surface area contributed by atoms with E-state index in [2.05, 4.69) is 28.6 Å². The summed E-state index contributed by atoms with van der Waals surface area (Å²) in [6.45, 7) is 4.67. The zero-order valence-electron chi connectivity index (χ0n) is 22.6. The number of carbonyl (C=O) groups excluding carboxylic acids is 1. The molecule has 210 valence electrons. The normalized spacial score (nSPS) is 19.4. The minimum atomic E-state index is -4.52. The minimum absolute atomic E-state index is 0.0192. The van der Waals surface area contributed by atoms with Crippen molar-refractivity contribution in [2.24, 2.45) is 0 Å². The molecule has 1 amide bonds. The number of pyridine rings is 1. The van der Waals surface area contributed by atoms with E-state index in [-0.39, 0.29) is 17.5 Å². The summed E-state index contributed by atoms with van der Waals surface area (Å²) in [5.41, 5.74) is 1.58. The van der Waals surface area contributed by atoms with E-state index in [1.807, 2.05) is 30.1 Å². The molecular formula is C30H32F3N5OS. The predicted octanol–water partition coefficient (Wildman–Crippen LogP) is 5.62. The maximum Gasteiger partial charge on any atom is 0.416 e. The van der Waals surface area contributed by atoms with E-state index in [1.165, 1.54) is 10.9 Å². The van der Waals surface area contributed by atoms with Gasteiger partial charge in [0, 0.05) is 42.3 Å². The number of benzene rings is 1. The van der Waals surface area contributed by atoms with Gasteiger partial charge in [-0.2, -0.15) is 18.4 Å². The maximum absolute atomic E-state index is 14.0. The topological polar surface area (TPSA) is 72.3 Å². The van der Waals surface area contributed by atoms with E-state index in [0.29, 0.717) is 31.6 Å². The van der Waals surface area contributed by atoms with E-state index in [1.54, 1.807) is 17.5 Å². The Hall–Kier alpha value is -3.42. The molecule has 0 radical (unpaired) electrons. The molecule has 10 heteroatoms. The molecule has 2 aliphatic rings. The number of halogens is 3. The Kier molecular flexibility index (Phi) is 7.89. The molecule has 0 unspecified atom stereocenters. The van der Waals surface area contributed by atoms with E-state index < -0.39 is 17.2 Å². The first-order valence-corrected chi connectivity index (χ1v) is 14.4. The van der Waals surface area contributed by atoms with Gasteiger partial charge >= 0.3 is 6.18 Å². The van der Waals surface area contributed by atoms with Crippen LogP contribution in [0.5, 0.6) is 0 Å². The number of piperidine rings is 1. The van der Waals surface area contributed by atoms with Crippen LogP contribution in [-0.2, 0) is 22.8 Å². The number of likely N-dealkylation sites (tertiary alicyclic amines) is 1. The summed E-state index contributed by atoms with van der Waals surface area (Å²) in [4.78, 5) is 24.1. The van der Waals surface area contributed by atoms with E-state index in [9.17, 15) is 23.2 Å². The van der Waals surface area contributed by atoms with Gasteiger partial charge in [0.1, 0.15) is 6.07 Å². The van der Waals surface area contributed by atoms with Gasteiger partial charge in [-0.1, -0.05) is 13.0 Å². The van der Waals surface area contributed by atoms with Crippen LogP contribution in [0.3, 0.4) is 0 Å². The molecule has 0 aliphatic carbocycles. The first-order valence-electron chi connectivity index (χ1n) is 13.5. The number of nitrogens with one attached hydrogen (secondary N) is 1. The highest BCUT2D eigenvalue weighted by molar-refractivity contribution is 7.10. The number of anilines is 1. The summed E-state index contributed by atoms with van der Waals surface area (Å²) in [5.74, 6) is -0.0419. The van der Waals surface area contributed by atoms with Gasteiger partial charge in [0.15, 0.2) is 0 Å². The van der Waals surface area contributed by atoms with Gasteiger partial charge in [-0.3, -0.25) is 9.78 Å². The second-order valence-electron chi connectivity index (χ2n) is 10.7. The van der Waals surface area contributed by atoms with Crippen LogP contribution in [0.4, 0.5) is 18.9 Å². The molecule has 1 aromatic carbocycles. The number of carbonyl (C=O) groups is 1. The molecule has 40 heavy (non-hydrogen) atoms. The van der Waals surface area contributed by atoms with Crippen LogP contribution in [0.25, 0.3) is 11.3 Å². The number of aryl methyl sites for hydroxylation is 1. The third-order valence-corrected chi connectivity index (χ3v) is 9.29. The molecule has 0 saturated carbocycles. The first-order chi connectivity index (χ1) is 19.1. The van der Waals surface area contributed by atoms with Crippen molar-refractivity contribution in [2.45, 2.75) is 50.2 Å². The van der Waals surface area contributed by atoms with Crippen molar-refractivity contribution in [3.63, 3.8) is 0 Å². The molecule has 2 aliphatic heterocycles. The first kappa shape index (κ1) is 28.1. The van der Waals surface area contributed by atoms with Crippen molar-refractivity contribution < 1.29 is 18.0 Å². The third-order valence-electron chi connectivity index (χ3n) is 8.22. The molecule has 3 aromatic rings. The lowest BCUT2D eigenvalue weighted by Gasteiger charge is -2.42. The zero-order valence-corrected chi connectivity index (χ0v) is 23.4. The Bertz CT molecular complexity index is 1400. The van der Waals surface area contributed by atoms with Crippen molar-refractivity contribution in [1.29, 1.82) is 5.26 Å². The number of likely N-dealkylation sites (N-methyl/N-ethyl adjacent to an activating group) is 1. The molecule has 2 saturated heterocycles. The minimum Gasteiger partial charge on any atom is -0.370 e.